The summed E-state index contributed by atoms with van der Waals surface area (Å²) >= 11 is 0. The summed E-state index contributed by atoms with van der Waals surface area (Å²) in [4.78, 5) is 16.2. The van der Waals surface area contributed by atoms with Crippen molar-refractivity contribution in [1.82, 2.24) is 10.3 Å². The van der Waals surface area contributed by atoms with Gasteiger partial charge in [-0.25, -0.2) is 9.37 Å². The Morgan fingerprint density at radius 2 is 2.12 bits per heavy atom. The first kappa shape index (κ1) is 16.4. The van der Waals surface area contributed by atoms with Crippen LogP contribution in [0.1, 0.15) is 28.8 Å². The third kappa shape index (κ3) is 4.52. The van der Waals surface area contributed by atoms with Crippen molar-refractivity contribution >= 4 is 5.91 Å². The molecule has 2 heterocycles. The van der Waals surface area contributed by atoms with Crippen LogP contribution < -0.4 is 10.1 Å². The van der Waals surface area contributed by atoms with E-state index in [1.165, 1.54) is 18.3 Å². The highest BCUT2D eigenvalue weighted by Crippen LogP contribution is 2.14. The molecule has 1 aromatic heterocycles. The van der Waals surface area contributed by atoms with Gasteiger partial charge in [0.25, 0.3) is 5.91 Å². The lowest BCUT2D eigenvalue weighted by Gasteiger charge is -2.11. The van der Waals surface area contributed by atoms with Gasteiger partial charge in [-0.3, -0.25) is 4.79 Å². The van der Waals surface area contributed by atoms with Crippen LogP contribution in [0.25, 0.3) is 0 Å². The van der Waals surface area contributed by atoms with Crippen LogP contribution in [0.4, 0.5) is 4.39 Å². The fourth-order valence-electron chi connectivity index (χ4n) is 2.44. The minimum atomic E-state index is -0.298. The maximum absolute atomic E-state index is 12.8. The number of aromatic nitrogens is 1. The maximum Gasteiger partial charge on any atom is 0.253 e. The Labute approximate surface area is 139 Å². The van der Waals surface area contributed by atoms with E-state index in [0.29, 0.717) is 24.6 Å². The van der Waals surface area contributed by atoms with Gasteiger partial charge in [-0.2, -0.15) is 0 Å². The van der Waals surface area contributed by atoms with Gasteiger partial charge in [0.05, 0.1) is 11.7 Å². The van der Waals surface area contributed by atoms with Crippen LogP contribution in [0.2, 0.25) is 0 Å². The largest absolute Gasteiger partial charge is 0.475 e. The highest BCUT2D eigenvalue weighted by molar-refractivity contribution is 5.93. The predicted molar refractivity (Wildman–Crippen MR) is 86.3 cm³/mol. The van der Waals surface area contributed by atoms with E-state index in [0.717, 1.165) is 25.0 Å². The molecule has 1 atom stereocenters. The molecule has 1 aliphatic heterocycles. The van der Waals surface area contributed by atoms with E-state index in [1.807, 2.05) is 0 Å². The first-order chi connectivity index (χ1) is 11.7. The molecule has 3 rings (SSSR count). The summed E-state index contributed by atoms with van der Waals surface area (Å²) in [6, 6.07) is 9.33. The smallest absolute Gasteiger partial charge is 0.253 e. The number of carbonyl (C=O) groups excluding carboxylic acids is 1. The predicted octanol–water partition coefficient (Wildman–Crippen LogP) is 2.71. The number of amides is 1. The Kier molecular flexibility index (Phi) is 5.38. The molecule has 1 N–H and O–H groups in total. The molecule has 5 nitrogen and oxygen atoms in total. The number of rotatable bonds is 6. The average Bonchev–Trinajstić information content (AvgIpc) is 3.13. The summed E-state index contributed by atoms with van der Waals surface area (Å²) in [7, 11) is 0. The topological polar surface area (TPSA) is 60.5 Å². The summed E-state index contributed by atoms with van der Waals surface area (Å²) in [5.74, 6) is -0.0639. The standard InChI is InChI=1S/C18H19FN2O3/c19-15-6-3-13(4-7-15)10-21-18(22)14-5-8-17(20-11-14)24-12-16-2-1-9-23-16/h3-8,11,16H,1-2,9-10,12H2,(H,21,22). The Morgan fingerprint density at radius 1 is 1.29 bits per heavy atom. The molecule has 1 aliphatic rings. The molecule has 0 radical (unpaired) electrons. The Morgan fingerprint density at radius 3 is 2.79 bits per heavy atom. The van der Waals surface area contributed by atoms with E-state index < -0.39 is 0 Å². The molecule has 0 aliphatic carbocycles. The molecule has 0 saturated carbocycles. The molecule has 24 heavy (non-hydrogen) atoms. The number of carbonyl (C=O) groups is 1. The first-order valence-corrected chi connectivity index (χ1v) is 7.94. The van der Waals surface area contributed by atoms with Crippen molar-refractivity contribution in [3.63, 3.8) is 0 Å². The van der Waals surface area contributed by atoms with Gasteiger partial charge >= 0.3 is 0 Å². The second-order valence-corrected chi connectivity index (χ2v) is 5.64. The second-order valence-electron chi connectivity index (χ2n) is 5.64. The van der Waals surface area contributed by atoms with E-state index in [9.17, 15) is 9.18 Å². The number of nitrogens with zero attached hydrogens (tertiary/aromatic N) is 1. The molecule has 6 heteroatoms. The van der Waals surface area contributed by atoms with Crippen molar-refractivity contribution in [3.8, 4) is 5.88 Å². The van der Waals surface area contributed by atoms with Gasteiger partial charge in [0, 0.05) is 25.4 Å². The van der Waals surface area contributed by atoms with Gasteiger partial charge in [-0.1, -0.05) is 12.1 Å². The zero-order valence-electron chi connectivity index (χ0n) is 13.2. The maximum atomic E-state index is 12.8. The third-order valence-corrected chi connectivity index (χ3v) is 3.81. The number of hydrogen-bond acceptors (Lipinski definition) is 4. The SMILES string of the molecule is O=C(NCc1ccc(F)cc1)c1ccc(OCC2CCCO2)nc1. The third-order valence-electron chi connectivity index (χ3n) is 3.81. The fourth-order valence-corrected chi connectivity index (χ4v) is 2.44. The zero-order valence-corrected chi connectivity index (χ0v) is 13.2. The fraction of sp³-hybridized carbons (Fsp3) is 0.333. The summed E-state index contributed by atoms with van der Waals surface area (Å²) in [5.41, 5.74) is 1.27. The normalized spacial score (nSPS) is 16.8. The van der Waals surface area contributed by atoms with Gasteiger partial charge in [0.2, 0.25) is 5.88 Å². The molecule has 126 valence electrons. The van der Waals surface area contributed by atoms with Gasteiger partial charge in [0.1, 0.15) is 12.4 Å². The number of halogens is 1. The monoisotopic (exact) mass is 330 g/mol. The Bertz CT molecular complexity index is 668. The average molecular weight is 330 g/mol. The minimum Gasteiger partial charge on any atom is -0.475 e. The molecule has 0 bridgehead atoms. The Balaban J connectivity index is 1.48. The number of hydrogen-bond donors (Lipinski definition) is 1. The van der Waals surface area contributed by atoms with Crippen LogP contribution >= 0.6 is 0 Å². The highest BCUT2D eigenvalue weighted by atomic mass is 19.1. The number of ether oxygens (including phenoxy) is 2. The van der Waals surface area contributed by atoms with Gasteiger partial charge in [-0.15, -0.1) is 0 Å². The van der Waals surface area contributed by atoms with Crippen LogP contribution in [0.3, 0.4) is 0 Å². The van der Waals surface area contributed by atoms with Crippen LogP contribution in [0.15, 0.2) is 42.6 Å². The minimum absolute atomic E-state index is 0.130. The molecule has 1 unspecified atom stereocenters. The van der Waals surface area contributed by atoms with Crippen molar-refractivity contribution in [2.24, 2.45) is 0 Å². The molecular weight excluding hydrogens is 311 g/mol. The first-order valence-electron chi connectivity index (χ1n) is 7.94. The van der Waals surface area contributed by atoms with E-state index in [1.54, 1.807) is 24.3 Å². The van der Waals surface area contributed by atoms with Crippen LogP contribution in [-0.2, 0) is 11.3 Å². The lowest BCUT2D eigenvalue weighted by Crippen LogP contribution is -2.23. The van der Waals surface area contributed by atoms with Gasteiger partial charge in [0.15, 0.2) is 0 Å². The van der Waals surface area contributed by atoms with E-state index in [-0.39, 0.29) is 17.8 Å². The van der Waals surface area contributed by atoms with Crippen molar-refractivity contribution in [2.45, 2.75) is 25.5 Å². The van der Waals surface area contributed by atoms with Crippen molar-refractivity contribution in [1.29, 1.82) is 0 Å². The van der Waals surface area contributed by atoms with Crippen molar-refractivity contribution in [3.05, 3.63) is 59.5 Å². The molecule has 1 saturated heterocycles. The molecule has 1 aromatic carbocycles. The molecule has 0 spiro atoms. The lowest BCUT2D eigenvalue weighted by atomic mass is 10.2. The molecular formula is C18H19FN2O3. The number of pyridine rings is 1. The van der Waals surface area contributed by atoms with Crippen LogP contribution in [0.5, 0.6) is 5.88 Å². The highest BCUT2D eigenvalue weighted by Gasteiger charge is 2.16. The molecule has 2 aromatic rings. The summed E-state index contributed by atoms with van der Waals surface area (Å²) < 4.78 is 23.9. The van der Waals surface area contributed by atoms with E-state index >= 15 is 0 Å². The molecule has 1 amide bonds. The zero-order chi connectivity index (χ0) is 16.8. The molecule has 1 fully saturated rings. The summed E-state index contributed by atoms with van der Waals surface area (Å²) in [6.07, 6.45) is 3.68. The quantitative estimate of drug-likeness (QED) is 0.885. The summed E-state index contributed by atoms with van der Waals surface area (Å²) in [5, 5.41) is 2.77. The second kappa shape index (κ2) is 7.88. The van der Waals surface area contributed by atoms with Gasteiger partial charge < -0.3 is 14.8 Å². The van der Waals surface area contributed by atoms with Gasteiger partial charge in [-0.05, 0) is 36.6 Å². The lowest BCUT2D eigenvalue weighted by molar-refractivity contribution is 0.0663. The van der Waals surface area contributed by atoms with E-state index in [2.05, 4.69) is 10.3 Å². The van der Waals surface area contributed by atoms with Crippen LogP contribution in [0, 0.1) is 5.82 Å². The summed E-state index contributed by atoms with van der Waals surface area (Å²) in [6.45, 7) is 1.59. The number of nitrogens with one attached hydrogen (secondary N) is 1. The number of benzene rings is 1. The van der Waals surface area contributed by atoms with Crippen molar-refractivity contribution in [2.75, 3.05) is 13.2 Å². The van der Waals surface area contributed by atoms with E-state index in [4.69, 9.17) is 9.47 Å². The van der Waals surface area contributed by atoms with Crippen LogP contribution in [-0.4, -0.2) is 30.2 Å². The van der Waals surface area contributed by atoms with Crippen molar-refractivity contribution < 1.29 is 18.7 Å². The Hall–Kier alpha value is -2.47.